The fraction of sp³-hybridized carbons (Fsp3) is 0.154. The van der Waals surface area contributed by atoms with Gasteiger partial charge in [0.15, 0.2) is 0 Å². The molecule has 1 heterocycles. The lowest BCUT2D eigenvalue weighted by atomic mass is 10.1. The fourth-order valence-corrected chi connectivity index (χ4v) is 1.78. The lowest BCUT2D eigenvalue weighted by molar-refractivity contribution is 0.0558. The number of benzene rings is 1. The van der Waals surface area contributed by atoms with Crippen LogP contribution in [-0.2, 0) is 4.74 Å². The van der Waals surface area contributed by atoms with Crippen molar-refractivity contribution < 1.29 is 19.1 Å². The number of rotatable bonds is 3. The molecule has 0 amide bonds. The van der Waals surface area contributed by atoms with Crippen LogP contribution in [0.4, 0.5) is 0 Å². The Kier molecular flexibility index (Phi) is 3.84. The van der Waals surface area contributed by atoms with Gasteiger partial charge >= 0.3 is 5.97 Å². The lowest BCUT2D eigenvalue weighted by Crippen LogP contribution is -2.00. The van der Waals surface area contributed by atoms with Gasteiger partial charge in [0.2, 0.25) is 5.76 Å². The lowest BCUT2D eigenvalue weighted by Gasteiger charge is -2.07. The third-order valence-corrected chi connectivity index (χ3v) is 3.00. The number of methoxy groups -OCH3 is 1. The molecule has 0 radical (unpaired) electrons. The van der Waals surface area contributed by atoms with Crippen LogP contribution in [0.15, 0.2) is 45.3 Å². The van der Waals surface area contributed by atoms with Gasteiger partial charge in [-0.1, -0.05) is 28.1 Å². The van der Waals surface area contributed by atoms with Crippen LogP contribution in [0.1, 0.15) is 28.0 Å². The molecule has 0 spiro atoms. The van der Waals surface area contributed by atoms with E-state index in [-0.39, 0.29) is 5.76 Å². The van der Waals surface area contributed by atoms with E-state index in [1.54, 1.807) is 18.2 Å². The van der Waals surface area contributed by atoms with Crippen LogP contribution < -0.4 is 0 Å². The molecule has 2 aromatic rings. The first kappa shape index (κ1) is 12.9. The highest BCUT2D eigenvalue weighted by Crippen LogP contribution is 2.25. The van der Waals surface area contributed by atoms with E-state index < -0.39 is 12.1 Å². The smallest absolute Gasteiger partial charge is 0.373 e. The topological polar surface area (TPSA) is 59.7 Å². The molecule has 1 aromatic carbocycles. The SMILES string of the molecule is COC(=O)c1ccc(C(O)c2ccc(Br)cc2)o1. The predicted molar refractivity (Wildman–Crippen MR) is 68.3 cm³/mol. The van der Waals surface area contributed by atoms with Gasteiger partial charge in [-0.2, -0.15) is 0 Å². The number of halogens is 1. The number of carbonyl (C=O) groups is 1. The summed E-state index contributed by atoms with van der Waals surface area (Å²) in [7, 11) is 1.27. The Hall–Kier alpha value is -1.59. The molecule has 1 unspecified atom stereocenters. The van der Waals surface area contributed by atoms with E-state index in [0.29, 0.717) is 11.3 Å². The molecule has 0 saturated carbocycles. The van der Waals surface area contributed by atoms with Gasteiger partial charge in [-0.05, 0) is 29.8 Å². The molecule has 0 saturated heterocycles. The molecule has 0 aliphatic rings. The van der Waals surface area contributed by atoms with Crippen molar-refractivity contribution in [1.82, 2.24) is 0 Å². The molecule has 4 nitrogen and oxygen atoms in total. The molecule has 18 heavy (non-hydrogen) atoms. The van der Waals surface area contributed by atoms with E-state index in [1.165, 1.54) is 13.2 Å². The summed E-state index contributed by atoms with van der Waals surface area (Å²) in [6.07, 6.45) is -0.906. The molecular weight excluding hydrogens is 300 g/mol. The van der Waals surface area contributed by atoms with Crippen LogP contribution in [-0.4, -0.2) is 18.2 Å². The summed E-state index contributed by atoms with van der Waals surface area (Å²) in [6.45, 7) is 0. The van der Waals surface area contributed by atoms with Gasteiger partial charge in [0, 0.05) is 4.47 Å². The van der Waals surface area contributed by atoms with Crippen LogP contribution in [0.5, 0.6) is 0 Å². The molecule has 1 N–H and O–H groups in total. The Morgan fingerprint density at radius 2 is 1.94 bits per heavy atom. The van der Waals surface area contributed by atoms with Gasteiger partial charge in [0.1, 0.15) is 11.9 Å². The molecule has 94 valence electrons. The highest BCUT2D eigenvalue weighted by Gasteiger charge is 2.17. The van der Waals surface area contributed by atoms with Gasteiger partial charge in [-0.25, -0.2) is 4.79 Å². The van der Waals surface area contributed by atoms with Crippen LogP contribution in [0.25, 0.3) is 0 Å². The second-order valence-electron chi connectivity index (χ2n) is 3.65. The number of aliphatic hydroxyl groups is 1. The summed E-state index contributed by atoms with van der Waals surface area (Å²) in [5.74, 6) is -0.189. The van der Waals surface area contributed by atoms with Crippen LogP contribution in [0, 0.1) is 0 Å². The van der Waals surface area contributed by atoms with Gasteiger partial charge in [-0.15, -0.1) is 0 Å². The number of aliphatic hydroxyl groups excluding tert-OH is 1. The van der Waals surface area contributed by atoms with Crippen molar-refractivity contribution in [2.45, 2.75) is 6.10 Å². The molecule has 0 aliphatic carbocycles. The summed E-state index contributed by atoms with van der Waals surface area (Å²) in [5, 5.41) is 10.1. The molecule has 2 rings (SSSR count). The molecule has 0 aliphatic heterocycles. The van der Waals surface area contributed by atoms with Gasteiger partial charge in [-0.3, -0.25) is 0 Å². The Morgan fingerprint density at radius 3 is 2.56 bits per heavy atom. The standard InChI is InChI=1S/C13H11BrO4/c1-17-13(16)11-7-6-10(18-11)12(15)8-2-4-9(14)5-3-8/h2-7,12,15H,1H3. The summed E-state index contributed by atoms with van der Waals surface area (Å²) in [6, 6.07) is 10.2. The van der Waals surface area contributed by atoms with Crippen LogP contribution in [0.3, 0.4) is 0 Å². The van der Waals surface area contributed by atoms with Crippen molar-refractivity contribution in [2.24, 2.45) is 0 Å². The number of carbonyl (C=O) groups excluding carboxylic acids is 1. The number of ether oxygens (including phenoxy) is 1. The zero-order valence-electron chi connectivity index (χ0n) is 9.59. The third kappa shape index (κ3) is 2.63. The van der Waals surface area contributed by atoms with Gasteiger partial charge in [0.25, 0.3) is 0 Å². The number of esters is 1. The average Bonchev–Trinajstić information content (AvgIpc) is 2.87. The first-order chi connectivity index (χ1) is 8.61. The minimum atomic E-state index is -0.906. The first-order valence-electron chi connectivity index (χ1n) is 5.23. The van der Waals surface area contributed by atoms with Gasteiger partial charge < -0.3 is 14.3 Å². The summed E-state index contributed by atoms with van der Waals surface area (Å²) in [5.41, 5.74) is 0.684. The Bertz CT molecular complexity index is 544. The first-order valence-corrected chi connectivity index (χ1v) is 6.02. The molecule has 0 bridgehead atoms. The van der Waals surface area contributed by atoms with Crippen molar-refractivity contribution >= 4 is 21.9 Å². The zero-order valence-corrected chi connectivity index (χ0v) is 11.2. The molecule has 1 aromatic heterocycles. The highest BCUT2D eigenvalue weighted by molar-refractivity contribution is 9.10. The van der Waals surface area contributed by atoms with Gasteiger partial charge in [0.05, 0.1) is 7.11 Å². The van der Waals surface area contributed by atoms with E-state index >= 15 is 0 Å². The monoisotopic (exact) mass is 310 g/mol. The van der Waals surface area contributed by atoms with Crippen molar-refractivity contribution in [1.29, 1.82) is 0 Å². The van der Waals surface area contributed by atoms with Crippen molar-refractivity contribution in [2.75, 3.05) is 7.11 Å². The van der Waals surface area contributed by atoms with E-state index in [1.807, 2.05) is 12.1 Å². The van der Waals surface area contributed by atoms with E-state index in [9.17, 15) is 9.90 Å². The normalized spacial score (nSPS) is 12.2. The summed E-state index contributed by atoms with van der Waals surface area (Å²) >= 11 is 3.32. The minimum Gasteiger partial charge on any atom is -0.463 e. The number of hydrogen-bond acceptors (Lipinski definition) is 4. The highest BCUT2D eigenvalue weighted by atomic mass is 79.9. The largest absolute Gasteiger partial charge is 0.463 e. The van der Waals surface area contributed by atoms with Crippen molar-refractivity contribution in [3.8, 4) is 0 Å². The molecular formula is C13H11BrO4. The molecule has 0 fully saturated rings. The second kappa shape index (κ2) is 5.37. The van der Waals surface area contributed by atoms with E-state index in [4.69, 9.17) is 4.42 Å². The zero-order chi connectivity index (χ0) is 13.1. The average molecular weight is 311 g/mol. The quantitative estimate of drug-likeness (QED) is 0.886. The second-order valence-corrected chi connectivity index (χ2v) is 4.56. The molecule has 5 heteroatoms. The summed E-state index contributed by atoms with van der Waals surface area (Å²) < 4.78 is 10.7. The van der Waals surface area contributed by atoms with Crippen LogP contribution >= 0.6 is 15.9 Å². The molecule has 1 atom stereocenters. The van der Waals surface area contributed by atoms with E-state index in [2.05, 4.69) is 20.7 Å². The maximum Gasteiger partial charge on any atom is 0.373 e. The van der Waals surface area contributed by atoms with Crippen LogP contribution in [0.2, 0.25) is 0 Å². The van der Waals surface area contributed by atoms with E-state index in [0.717, 1.165) is 4.47 Å². The maximum absolute atomic E-state index is 11.2. The van der Waals surface area contributed by atoms with Crippen molar-refractivity contribution in [3.63, 3.8) is 0 Å². The number of hydrogen-bond donors (Lipinski definition) is 1. The van der Waals surface area contributed by atoms with Crippen molar-refractivity contribution in [3.05, 3.63) is 58.0 Å². The minimum absolute atomic E-state index is 0.0728. The Morgan fingerprint density at radius 1 is 1.28 bits per heavy atom. The Balaban J connectivity index is 2.23. The fourth-order valence-electron chi connectivity index (χ4n) is 1.52. The predicted octanol–water partition coefficient (Wildman–Crippen LogP) is 2.91. The number of furan rings is 1. The Labute approximate surface area is 112 Å². The third-order valence-electron chi connectivity index (χ3n) is 2.47. The maximum atomic E-state index is 11.2. The summed E-state index contributed by atoms with van der Waals surface area (Å²) in [4.78, 5) is 11.2.